The van der Waals surface area contributed by atoms with E-state index in [-0.39, 0.29) is 11.4 Å². The molecule has 0 radical (unpaired) electrons. The molecule has 0 atom stereocenters. The van der Waals surface area contributed by atoms with Gasteiger partial charge in [0.2, 0.25) is 0 Å². The van der Waals surface area contributed by atoms with Crippen molar-refractivity contribution in [3.8, 4) is 0 Å². The second-order valence-electron chi connectivity index (χ2n) is 10.8. The summed E-state index contributed by atoms with van der Waals surface area (Å²) in [7, 11) is 3.66. The Hall–Kier alpha value is -4.46. The molecule has 5 N–H and O–H groups in total. The van der Waals surface area contributed by atoms with Crippen LogP contribution in [0.5, 0.6) is 0 Å². The van der Waals surface area contributed by atoms with Crippen molar-refractivity contribution in [1.29, 1.82) is 0 Å². The molecule has 0 aliphatic carbocycles. The summed E-state index contributed by atoms with van der Waals surface area (Å²) in [5.41, 5.74) is 11.2. The Bertz CT molecular complexity index is 1330. The van der Waals surface area contributed by atoms with Crippen molar-refractivity contribution in [2.45, 2.75) is 65.3 Å². The first-order valence-electron chi connectivity index (χ1n) is 14.9. The Kier molecular flexibility index (Phi) is 14.7. The van der Waals surface area contributed by atoms with E-state index in [0.717, 1.165) is 66.0 Å². The summed E-state index contributed by atoms with van der Waals surface area (Å²) in [5.74, 6) is 1.30. The zero-order chi connectivity index (χ0) is 31.7. The second-order valence-corrected chi connectivity index (χ2v) is 10.8. The quantitative estimate of drug-likeness (QED) is 0.0795. The molecule has 0 aliphatic heterocycles. The number of rotatable bonds is 13. The van der Waals surface area contributed by atoms with Gasteiger partial charge < -0.3 is 26.5 Å². The van der Waals surface area contributed by atoms with Gasteiger partial charge in [-0.25, -0.2) is 0 Å². The molecule has 8 nitrogen and oxygen atoms in total. The summed E-state index contributed by atoms with van der Waals surface area (Å²) >= 11 is 0. The second kappa shape index (κ2) is 18.2. The maximum absolute atomic E-state index is 12.4. The van der Waals surface area contributed by atoms with Crippen LogP contribution in [0.3, 0.4) is 0 Å². The summed E-state index contributed by atoms with van der Waals surface area (Å²) in [6.07, 6.45) is 5.30. The summed E-state index contributed by atoms with van der Waals surface area (Å²) in [5, 5.41) is 9.43. The largest absolute Gasteiger partial charge is 0.388 e. The highest BCUT2D eigenvalue weighted by Gasteiger charge is 2.17. The van der Waals surface area contributed by atoms with Crippen LogP contribution in [0.1, 0.15) is 80.4 Å². The summed E-state index contributed by atoms with van der Waals surface area (Å²) < 4.78 is 0. The van der Waals surface area contributed by atoms with Gasteiger partial charge in [0.1, 0.15) is 18.0 Å². The number of carbonyl (C=O) groups is 2. The predicted molar refractivity (Wildman–Crippen MR) is 182 cm³/mol. The number of unbranched alkanes of at least 4 members (excludes halogenated alkanes) is 1. The molecular weight excluding hydrogens is 536 g/mol. The predicted octanol–water partition coefficient (Wildman–Crippen LogP) is 6.46. The summed E-state index contributed by atoms with van der Waals surface area (Å²) in [4.78, 5) is 31.6. The van der Waals surface area contributed by atoms with Crippen molar-refractivity contribution in [3.63, 3.8) is 0 Å². The molecule has 1 amide bonds. The Morgan fingerprint density at radius 1 is 0.884 bits per heavy atom. The number of nitrogens with one attached hydrogen (secondary N) is 3. The van der Waals surface area contributed by atoms with Crippen molar-refractivity contribution in [3.05, 3.63) is 95.1 Å². The number of anilines is 2. The highest BCUT2D eigenvalue weighted by atomic mass is 16.1. The summed E-state index contributed by atoms with van der Waals surface area (Å²) in [6, 6.07) is 22.9. The van der Waals surface area contributed by atoms with Gasteiger partial charge in [-0.15, -0.1) is 0 Å². The third kappa shape index (κ3) is 12.1. The molecule has 0 aliphatic rings. The van der Waals surface area contributed by atoms with Crippen molar-refractivity contribution < 1.29 is 9.59 Å². The van der Waals surface area contributed by atoms with Gasteiger partial charge >= 0.3 is 0 Å². The number of aliphatic imine (C=N–C) groups is 2. The molecule has 230 valence electrons. The van der Waals surface area contributed by atoms with E-state index in [1.807, 2.05) is 67.7 Å². The Labute approximate surface area is 257 Å². The molecule has 0 fully saturated rings. The fourth-order valence-corrected chi connectivity index (χ4v) is 3.89. The summed E-state index contributed by atoms with van der Waals surface area (Å²) in [6.45, 7) is 9.37. The molecule has 0 saturated carbocycles. The fraction of sp³-hybridized carbons (Fsp3) is 0.371. The minimum absolute atomic E-state index is 0.0420. The number of hydrogen-bond acceptors (Lipinski definition) is 5. The van der Waals surface area contributed by atoms with Crippen molar-refractivity contribution in [2.75, 3.05) is 31.3 Å². The van der Waals surface area contributed by atoms with Crippen LogP contribution < -0.4 is 21.7 Å². The first kappa shape index (κ1) is 34.7. The zero-order valence-electron chi connectivity index (χ0n) is 26.5. The highest BCUT2D eigenvalue weighted by Crippen LogP contribution is 2.15. The Balaban J connectivity index is 0.000000362. The Morgan fingerprint density at radius 3 is 2.00 bits per heavy atom. The number of hydrogen-bond donors (Lipinski definition) is 4. The minimum Gasteiger partial charge on any atom is -0.388 e. The monoisotopic (exact) mass is 584 g/mol. The lowest BCUT2D eigenvalue weighted by Gasteiger charge is -2.26. The van der Waals surface area contributed by atoms with E-state index in [4.69, 9.17) is 5.73 Å². The molecular formula is C35H48N6O2. The zero-order valence-corrected chi connectivity index (χ0v) is 26.5. The molecule has 0 unspecified atom stereocenters. The molecule has 8 heteroatoms. The fourth-order valence-electron chi connectivity index (χ4n) is 3.89. The van der Waals surface area contributed by atoms with E-state index in [1.54, 1.807) is 19.2 Å². The Morgan fingerprint density at radius 2 is 1.47 bits per heavy atom. The van der Waals surface area contributed by atoms with E-state index in [2.05, 4.69) is 53.6 Å². The van der Waals surface area contributed by atoms with Crippen LogP contribution in [0.2, 0.25) is 0 Å². The number of nitrogens with two attached hydrogens (primary N) is 1. The molecule has 0 bridgehead atoms. The number of carbonyl (C=O) groups excluding carboxylic acids is 2. The standard InChI is InChI=1S/C23H29N3O2.C12H19N3/c1-5-23(2,3)26-21(24-4)18-12-14-20(15-13-18)25-22(28)19-10-8-17(9-11-19)7-6-16-27;1-3-4-9-15-12(13)10-5-7-11(14-2)8-6-10/h8-16H,5-7H2,1-4H3,(H,24,26)(H,25,28);5-8,14H,3-4,9H2,1-2H3,(H2,13,15). The maximum Gasteiger partial charge on any atom is 0.255 e. The number of amides is 1. The first-order chi connectivity index (χ1) is 20.7. The van der Waals surface area contributed by atoms with Gasteiger partial charge in [-0.3, -0.25) is 14.8 Å². The van der Waals surface area contributed by atoms with E-state index in [1.165, 1.54) is 0 Å². The van der Waals surface area contributed by atoms with Crippen molar-refractivity contribution in [2.24, 2.45) is 15.7 Å². The van der Waals surface area contributed by atoms with E-state index < -0.39 is 0 Å². The number of nitrogens with zero attached hydrogens (tertiary/aromatic N) is 2. The van der Waals surface area contributed by atoms with Crippen molar-refractivity contribution >= 4 is 35.2 Å². The van der Waals surface area contributed by atoms with Gasteiger partial charge in [0, 0.05) is 60.7 Å². The number of aryl methyl sites for hydroxylation is 1. The normalized spacial score (nSPS) is 11.7. The molecule has 0 spiro atoms. The third-order valence-electron chi connectivity index (χ3n) is 7.01. The molecule has 43 heavy (non-hydrogen) atoms. The van der Waals surface area contributed by atoms with Gasteiger partial charge in [-0.2, -0.15) is 0 Å². The van der Waals surface area contributed by atoms with Crippen LogP contribution in [0.15, 0.2) is 82.8 Å². The lowest BCUT2D eigenvalue weighted by molar-refractivity contribution is -0.107. The van der Waals surface area contributed by atoms with Gasteiger partial charge in [-0.1, -0.05) is 32.4 Å². The SMILES string of the molecule is CCC(C)(C)NC(=NC)c1ccc(NC(=O)c2ccc(CCC=O)cc2)cc1.CCCCN=C(N)c1ccc(NC)cc1. The van der Waals surface area contributed by atoms with Crippen LogP contribution in [0.25, 0.3) is 0 Å². The van der Waals surface area contributed by atoms with Gasteiger partial charge in [0.25, 0.3) is 5.91 Å². The minimum atomic E-state index is -0.163. The first-order valence-corrected chi connectivity index (χ1v) is 14.9. The molecule has 0 aromatic heterocycles. The van der Waals surface area contributed by atoms with Crippen LogP contribution in [-0.2, 0) is 11.2 Å². The highest BCUT2D eigenvalue weighted by molar-refractivity contribution is 6.05. The lowest BCUT2D eigenvalue weighted by Crippen LogP contribution is -2.43. The molecule has 3 aromatic rings. The topological polar surface area (TPSA) is 121 Å². The molecule has 0 heterocycles. The van der Waals surface area contributed by atoms with E-state index in [0.29, 0.717) is 24.2 Å². The molecule has 3 aromatic carbocycles. The van der Waals surface area contributed by atoms with E-state index in [9.17, 15) is 9.59 Å². The third-order valence-corrected chi connectivity index (χ3v) is 7.01. The average molecular weight is 585 g/mol. The van der Waals surface area contributed by atoms with Crippen LogP contribution in [0.4, 0.5) is 11.4 Å². The average Bonchev–Trinajstić information content (AvgIpc) is 3.03. The smallest absolute Gasteiger partial charge is 0.255 e. The lowest BCUT2D eigenvalue weighted by atomic mass is 10.0. The van der Waals surface area contributed by atoms with Gasteiger partial charge in [-0.05, 0) is 99.3 Å². The molecule has 0 saturated heterocycles. The number of aldehydes is 1. The van der Waals surface area contributed by atoms with Crippen LogP contribution in [0, 0.1) is 0 Å². The molecule has 3 rings (SSSR count). The van der Waals surface area contributed by atoms with Crippen molar-refractivity contribution in [1.82, 2.24) is 5.32 Å². The van der Waals surface area contributed by atoms with Gasteiger partial charge in [0.15, 0.2) is 0 Å². The van der Waals surface area contributed by atoms with Gasteiger partial charge in [0.05, 0.1) is 0 Å². The van der Waals surface area contributed by atoms with Crippen LogP contribution >= 0.6 is 0 Å². The van der Waals surface area contributed by atoms with E-state index >= 15 is 0 Å². The number of amidine groups is 2. The van der Waals surface area contributed by atoms with Crippen LogP contribution in [-0.4, -0.2) is 50.0 Å². The number of benzene rings is 3. The maximum atomic E-state index is 12.4.